The predicted octanol–water partition coefficient (Wildman–Crippen LogP) is 3.73. The Bertz CT molecular complexity index is 466. The molecule has 104 valence electrons. The van der Waals surface area contributed by atoms with Crippen molar-refractivity contribution >= 4 is 11.6 Å². The third-order valence-electron chi connectivity index (χ3n) is 4.42. The van der Waals surface area contributed by atoms with Crippen molar-refractivity contribution in [3.05, 3.63) is 34.3 Å². The first kappa shape index (κ1) is 13.4. The Morgan fingerprint density at radius 1 is 1.42 bits per heavy atom. The number of halogens is 1. The van der Waals surface area contributed by atoms with E-state index in [2.05, 4.69) is 31.3 Å². The lowest BCUT2D eigenvalue weighted by Crippen LogP contribution is -2.36. The lowest BCUT2D eigenvalue weighted by atomic mass is 9.85. The zero-order valence-electron chi connectivity index (χ0n) is 11.7. The minimum Gasteiger partial charge on any atom is -0.377 e. The maximum absolute atomic E-state index is 6.16. The molecule has 0 bridgehead atoms. The van der Waals surface area contributed by atoms with Gasteiger partial charge in [0.1, 0.15) is 0 Å². The fraction of sp³-hybridized carbons (Fsp3) is 0.625. The van der Waals surface area contributed by atoms with Crippen LogP contribution in [0.1, 0.15) is 43.9 Å². The van der Waals surface area contributed by atoms with E-state index in [1.165, 1.54) is 24.0 Å². The van der Waals surface area contributed by atoms with Crippen LogP contribution in [0.2, 0.25) is 5.02 Å². The van der Waals surface area contributed by atoms with Crippen molar-refractivity contribution in [2.45, 2.75) is 45.3 Å². The van der Waals surface area contributed by atoms with E-state index in [4.69, 9.17) is 16.3 Å². The van der Waals surface area contributed by atoms with Crippen molar-refractivity contribution in [2.24, 2.45) is 5.41 Å². The fourth-order valence-corrected chi connectivity index (χ4v) is 3.63. The molecule has 1 fully saturated rings. The molecule has 2 unspecified atom stereocenters. The van der Waals surface area contributed by atoms with Crippen LogP contribution >= 0.6 is 11.6 Å². The van der Waals surface area contributed by atoms with Crippen LogP contribution in [0, 0.1) is 5.41 Å². The molecule has 1 aliphatic carbocycles. The molecule has 1 heterocycles. The van der Waals surface area contributed by atoms with Crippen LogP contribution in [0.4, 0.5) is 0 Å². The molecule has 19 heavy (non-hydrogen) atoms. The maximum atomic E-state index is 6.16. The second kappa shape index (κ2) is 5.08. The Balaban J connectivity index is 1.77. The van der Waals surface area contributed by atoms with Gasteiger partial charge >= 0.3 is 0 Å². The molecule has 2 atom stereocenters. The number of benzene rings is 1. The van der Waals surface area contributed by atoms with Crippen molar-refractivity contribution in [1.29, 1.82) is 0 Å². The summed E-state index contributed by atoms with van der Waals surface area (Å²) < 4.78 is 5.70. The van der Waals surface area contributed by atoms with Gasteiger partial charge in [-0.15, -0.1) is 0 Å². The zero-order valence-corrected chi connectivity index (χ0v) is 12.5. The average molecular weight is 280 g/mol. The highest BCUT2D eigenvalue weighted by Gasteiger charge is 2.39. The molecule has 2 nitrogen and oxygen atoms in total. The number of rotatable bonds is 3. The van der Waals surface area contributed by atoms with E-state index in [0.717, 1.165) is 24.6 Å². The number of ether oxygens (including phenoxy) is 1. The third-order valence-corrected chi connectivity index (χ3v) is 4.66. The first-order chi connectivity index (χ1) is 9.06. The van der Waals surface area contributed by atoms with Gasteiger partial charge in [0.15, 0.2) is 0 Å². The Hall–Kier alpha value is -0.570. The summed E-state index contributed by atoms with van der Waals surface area (Å²) in [6.45, 7) is 6.52. The number of fused-ring (bicyclic) bond motifs is 1. The summed E-state index contributed by atoms with van der Waals surface area (Å²) in [5.41, 5.74) is 3.04. The van der Waals surface area contributed by atoms with Gasteiger partial charge in [0, 0.05) is 24.2 Å². The van der Waals surface area contributed by atoms with Gasteiger partial charge in [-0.05, 0) is 47.9 Å². The minimum absolute atomic E-state index is 0.242. The monoisotopic (exact) mass is 279 g/mol. The summed E-state index contributed by atoms with van der Waals surface area (Å²) in [6.07, 6.45) is 3.88. The van der Waals surface area contributed by atoms with Crippen molar-refractivity contribution in [1.82, 2.24) is 5.32 Å². The van der Waals surface area contributed by atoms with Gasteiger partial charge in [-0.1, -0.05) is 31.5 Å². The Morgan fingerprint density at radius 2 is 2.26 bits per heavy atom. The maximum Gasteiger partial charge on any atom is 0.0700 e. The first-order valence-electron chi connectivity index (χ1n) is 7.19. The van der Waals surface area contributed by atoms with Crippen molar-refractivity contribution in [3.63, 3.8) is 0 Å². The van der Waals surface area contributed by atoms with Crippen molar-refractivity contribution in [2.75, 3.05) is 13.2 Å². The molecule has 0 aromatic heterocycles. The molecule has 0 spiro atoms. The van der Waals surface area contributed by atoms with Crippen molar-refractivity contribution in [3.8, 4) is 0 Å². The van der Waals surface area contributed by atoms with Gasteiger partial charge in [-0.25, -0.2) is 0 Å². The zero-order chi connectivity index (χ0) is 13.5. The molecule has 0 saturated carbocycles. The molecule has 3 heteroatoms. The average Bonchev–Trinajstić information content (AvgIpc) is 2.92. The van der Waals surface area contributed by atoms with Gasteiger partial charge < -0.3 is 10.1 Å². The standard InChI is InChI=1S/C16H22ClNO/c1-16(2)9-11-5-6-12(17)8-14(11)15(16)18-10-13-4-3-7-19-13/h5-6,8,13,15,18H,3-4,7,9-10H2,1-2H3. The van der Waals surface area contributed by atoms with E-state index in [-0.39, 0.29) is 5.41 Å². The van der Waals surface area contributed by atoms with E-state index in [9.17, 15) is 0 Å². The number of hydrogen-bond acceptors (Lipinski definition) is 2. The summed E-state index contributed by atoms with van der Waals surface area (Å²) in [7, 11) is 0. The summed E-state index contributed by atoms with van der Waals surface area (Å²) in [5, 5.41) is 4.55. The van der Waals surface area contributed by atoms with Crippen LogP contribution < -0.4 is 5.32 Å². The van der Waals surface area contributed by atoms with E-state index in [0.29, 0.717) is 12.1 Å². The van der Waals surface area contributed by atoms with Crippen LogP contribution in [0.25, 0.3) is 0 Å². The lowest BCUT2D eigenvalue weighted by Gasteiger charge is -2.29. The van der Waals surface area contributed by atoms with Crippen LogP contribution in [-0.4, -0.2) is 19.3 Å². The Labute approximate surface area is 120 Å². The molecule has 1 aromatic carbocycles. The molecular formula is C16H22ClNO. The Morgan fingerprint density at radius 3 is 3.00 bits per heavy atom. The van der Waals surface area contributed by atoms with Crippen LogP contribution in [-0.2, 0) is 11.2 Å². The van der Waals surface area contributed by atoms with Gasteiger partial charge in [0.05, 0.1) is 6.10 Å². The lowest BCUT2D eigenvalue weighted by molar-refractivity contribution is 0.101. The number of nitrogens with one attached hydrogen (secondary N) is 1. The van der Waals surface area contributed by atoms with Gasteiger partial charge in [-0.3, -0.25) is 0 Å². The third kappa shape index (κ3) is 2.67. The number of hydrogen-bond donors (Lipinski definition) is 1. The molecular weight excluding hydrogens is 258 g/mol. The van der Waals surface area contributed by atoms with Crippen LogP contribution in [0.15, 0.2) is 18.2 Å². The second-order valence-electron chi connectivity index (χ2n) is 6.48. The summed E-state index contributed by atoms with van der Waals surface area (Å²) in [6, 6.07) is 6.68. The molecule has 3 rings (SSSR count). The van der Waals surface area contributed by atoms with Crippen molar-refractivity contribution < 1.29 is 4.74 Å². The normalized spacial score (nSPS) is 28.6. The van der Waals surface area contributed by atoms with Crippen LogP contribution in [0.5, 0.6) is 0 Å². The van der Waals surface area contributed by atoms with E-state index >= 15 is 0 Å². The summed E-state index contributed by atoms with van der Waals surface area (Å²) in [4.78, 5) is 0. The van der Waals surface area contributed by atoms with Gasteiger partial charge in [0.25, 0.3) is 0 Å². The van der Waals surface area contributed by atoms with Gasteiger partial charge in [-0.2, -0.15) is 0 Å². The Kier molecular flexibility index (Phi) is 3.59. The molecule has 2 aliphatic rings. The predicted molar refractivity (Wildman–Crippen MR) is 78.7 cm³/mol. The molecule has 1 saturated heterocycles. The van der Waals surface area contributed by atoms with E-state index < -0.39 is 0 Å². The van der Waals surface area contributed by atoms with Gasteiger partial charge in [0.2, 0.25) is 0 Å². The quantitative estimate of drug-likeness (QED) is 0.910. The summed E-state index contributed by atoms with van der Waals surface area (Å²) in [5.74, 6) is 0. The molecule has 1 aromatic rings. The highest BCUT2D eigenvalue weighted by Crippen LogP contribution is 2.45. The van der Waals surface area contributed by atoms with E-state index in [1.807, 2.05) is 6.07 Å². The molecule has 0 amide bonds. The topological polar surface area (TPSA) is 21.3 Å². The SMILES string of the molecule is CC1(C)Cc2ccc(Cl)cc2C1NCC1CCCO1. The molecule has 0 radical (unpaired) electrons. The molecule has 1 N–H and O–H groups in total. The smallest absolute Gasteiger partial charge is 0.0700 e. The fourth-order valence-electron chi connectivity index (χ4n) is 3.45. The highest BCUT2D eigenvalue weighted by atomic mass is 35.5. The highest BCUT2D eigenvalue weighted by molar-refractivity contribution is 6.30. The first-order valence-corrected chi connectivity index (χ1v) is 7.57. The largest absolute Gasteiger partial charge is 0.377 e. The molecule has 1 aliphatic heterocycles. The minimum atomic E-state index is 0.242. The van der Waals surface area contributed by atoms with E-state index in [1.54, 1.807) is 0 Å². The van der Waals surface area contributed by atoms with Crippen LogP contribution in [0.3, 0.4) is 0 Å². The summed E-state index contributed by atoms with van der Waals surface area (Å²) >= 11 is 6.16. The second-order valence-corrected chi connectivity index (χ2v) is 6.92.